The zero-order valence-corrected chi connectivity index (χ0v) is 37.1. The quantitative estimate of drug-likeness (QED) is 0.144. The first kappa shape index (κ1) is 41.9. The molecule has 0 unspecified atom stereocenters. The summed E-state index contributed by atoms with van der Waals surface area (Å²) in [5.41, 5.74) is -0.595. The van der Waals surface area contributed by atoms with Crippen LogP contribution in [0.2, 0.25) is 36.3 Å². The molecule has 0 aromatic rings. The Kier molecular flexibility index (Phi) is 11.8. The second-order valence-corrected chi connectivity index (χ2v) is 30.8. The van der Waals surface area contributed by atoms with Gasteiger partial charge >= 0.3 is 5.97 Å². The van der Waals surface area contributed by atoms with Crippen molar-refractivity contribution in [2.75, 3.05) is 0 Å². The summed E-state index contributed by atoms with van der Waals surface area (Å²) >= 11 is 0. The fourth-order valence-corrected chi connectivity index (χ4v) is 13.2. The molecular formula is C42H76O6Si2. The number of carbonyl (C=O) groups excluding carboxylic acids is 2. The third kappa shape index (κ3) is 7.59. The van der Waals surface area contributed by atoms with Crippen LogP contribution in [0, 0.1) is 58.2 Å². The molecule has 4 fully saturated rings. The van der Waals surface area contributed by atoms with Crippen LogP contribution in [0.15, 0.2) is 12.2 Å². The van der Waals surface area contributed by atoms with Gasteiger partial charge in [0.05, 0.1) is 0 Å². The van der Waals surface area contributed by atoms with Gasteiger partial charge in [-0.05, 0) is 109 Å². The summed E-state index contributed by atoms with van der Waals surface area (Å²) in [7, 11) is -4.30. The maximum atomic E-state index is 14.7. The number of esters is 1. The first-order valence-electron chi connectivity index (χ1n) is 20.0. The monoisotopic (exact) mass is 733 g/mol. The number of aliphatic hydroxyl groups excluding tert-OH is 1. The molecule has 4 aliphatic carbocycles. The van der Waals surface area contributed by atoms with E-state index in [-0.39, 0.29) is 86.5 Å². The molecule has 4 aliphatic rings. The van der Waals surface area contributed by atoms with E-state index in [9.17, 15) is 14.7 Å². The number of hydrogen-bond donors (Lipinski definition) is 1. The number of rotatable bonds is 9. The Morgan fingerprint density at radius 2 is 1.44 bits per heavy atom. The summed E-state index contributed by atoms with van der Waals surface area (Å²) in [6.07, 6.45) is 7.28. The van der Waals surface area contributed by atoms with Crippen molar-refractivity contribution in [2.24, 2.45) is 58.2 Å². The van der Waals surface area contributed by atoms with E-state index in [0.717, 1.165) is 19.3 Å². The summed E-state index contributed by atoms with van der Waals surface area (Å²) in [5, 5.41) is 12.5. The number of ketones is 1. The van der Waals surface area contributed by atoms with Gasteiger partial charge < -0.3 is 18.7 Å². The Morgan fingerprint density at radius 1 is 0.880 bits per heavy atom. The lowest BCUT2D eigenvalue weighted by atomic mass is 9.42. The number of carbonyl (C=O) groups is 2. The summed E-state index contributed by atoms with van der Waals surface area (Å²) in [6, 6.07) is 0. The molecule has 0 aliphatic heterocycles. The highest BCUT2D eigenvalue weighted by molar-refractivity contribution is 6.74. The molecule has 288 valence electrons. The van der Waals surface area contributed by atoms with Crippen LogP contribution < -0.4 is 0 Å². The molecule has 1 N–H and O–H groups in total. The van der Waals surface area contributed by atoms with Gasteiger partial charge in [-0.3, -0.25) is 9.59 Å². The lowest BCUT2D eigenvalue weighted by molar-refractivity contribution is -0.206. The maximum absolute atomic E-state index is 14.7. The molecule has 4 saturated carbocycles. The van der Waals surface area contributed by atoms with Gasteiger partial charge in [-0.1, -0.05) is 95.2 Å². The first-order chi connectivity index (χ1) is 22.6. The third-order valence-electron chi connectivity index (χ3n) is 15.7. The van der Waals surface area contributed by atoms with Crippen LogP contribution in [0.4, 0.5) is 0 Å². The third-order valence-corrected chi connectivity index (χ3v) is 24.7. The number of allylic oxidation sites excluding steroid dienone is 2. The highest BCUT2D eigenvalue weighted by Gasteiger charge is 2.70. The van der Waals surface area contributed by atoms with Crippen LogP contribution in [-0.2, 0) is 23.2 Å². The number of fused-ring (bicyclic) bond motifs is 5. The zero-order valence-electron chi connectivity index (χ0n) is 35.1. The van der Waals surface area contributed by atoms with Gasteiger partial charge in [-0.25, -0.2) is 0 Å². The van der Waals surface area contributed by atoms with E-state index in [0.29, 0.717) is 24.7 Å². The molecule has 6 nitrogen and oxygen atoms in total. The van der Waals surface area contributed by atoms with Crippen molar-refractivity contribution >= 4 is 28.4 Å². The molecule has 13 atom stereocenters. The molecule has 0 saturated heterocycles. The topological polar surface area (TPSA) is 82.1 Å². The summed E-state index contributed by atoms with van der Waals surface area (Å²) in [4.78, 5) is 27.3. The van der Waals surface area contributed by atoms with E-state index in [4.69, 9.17) is 13.6 Å². The van der Waals surface area contributed by atoms with Gasteiger partial charge in [-0.15, -0.1) is 0 Å². The second kappa shape index (κ2) is 14.1. The highest BCUT2D eigenvalue weighted by Crippen LogP contribution is 2.69. The Balaban J connectivity index is 1.83. The molecule has 0 bridgehead atoms. The van der Waals surface area contributed by atoms with Crippen LogP contribution in [0.1, 0.15) is 122 Å². The van der Waals surface area contributed by atoms with Crippen molar-refractivity contribution in [1.82, 2.24) is 0 Å². The fourth-order valence-electron chi connectivity index (χ4n) is 10.4. The van der Waals surface area contributed by atoms with Crippen molar-refractivity contribution < 1.29 is 28.3 Å². The smallest absolute Gasteiger partial charge is 0.302 e. The largest absolute Gasteiger partial charge is 0.462 e. The molecule has 0 heterocycles. The van der Waals surface area contributed by atoms with Crippen LogP contribution in [0.3, 0.4) is 0 Å². The average Bonchev–Trinajstić information content (AvgIpc) is 3.23. The van der Waals surface area contributed by atoms with Crippen LogP contribution in [0.25, 0.3) is 0 Å². The molecule has 0 aromatic carbocycles. The van der Waals surface area contributed by atoms with E-state index >= 15 is 0 Å². The molecule has 0 radical (unpaired) electrons. The summed E-state index contributed by atoms with van der Waals surface area (Å²) < 4.78 is 20.8. The SMILES string of the molecule is CC(=O)O[C@H]1C[C@H]2[C@H]3[C@H]([C@@H](O[Si](C)(C)C(C)(C)C)C[C@]2(C)[C@H]1[C@H](C)/C=C/[C@H](C)C(C)C)[C@@]1(C)CC[C@H](O[Si](C)(C)C(C)(C)C)C[C@@H]1C(=O)[C@@H]3O. The van der Waals surface area contributed by atoms with Crippen LogP contribution in [0.5, 0.6) is 0 Å². The first-order valence-corrected chi connectivity index (χ1v) is 25.8. The Morgan fingerprint density at radius 3 is 1.96 bits per heavy atom. The maximum Gasteiger partial charge on any atom is 0.302 e. The highest BCUT2D eigenvalue weighted by atomic mass is 28.4. The Bertz CT molecular complexity index is 1280. The number of hydrogen-bond acceptors (Lipinski definition) is 6. The fraction of sp³-hybridized carbons (Fsp3) is 0.905. The van der Waals surface area contributed by atoms with Crippen molar-refractivity contribution in [3.63, 3.8) is 0 Å². The van der Waals surface area contributed by atoms with Crippen molar-refractivity contribution in [1.29, 1.82) is 0 Å². The van der Waals surface area contributed by atoms with E-state index in [1.807, 2.05) is 0 Å². The van der Waals surface area contributed by atoms with Crippen LogP contribution in [-0.4, -0.2) is 57.9 Å². The lowest BCUT2D eigenvalue weighted by Gasteiger charge is -2.64. The molecule has 0 spiro atoms. The summed E-state index contributed by atoms with van der Waals surface area (Å²) in [6.45, 7) is 38.3. The lowest BCUT2D eigenvalue weighted by Crippen LogP contribution is -2.68. The van der Waals surface area contributed by atoms with Crippen molar-refractivity contribution in [3.8, 4) is 0 Å². The molecule has 4 rings (SSSR count). The van der Waals surface area contributed by atoms with Gasteiger partial charge in [0.1, 0.15) is 12.2 Å². The van der Waals surface area contributed by atoms with Crippen molar-refractivity contribution in [2.45, 2.75) is 183 Å². The molecule has 0 amide bonds. The van der Waals surface area contributed by atoms with Gasteiger partial charge in [0.25, 0.3) is 0 Å². The average molecular weight is 733 g/mol. The number of Topliss-reactive ketones (excluding diaryl/α,β-unsaturated/α-hetero) is 1. The normalized spacial score (nSPS) is 39.6. The van der Waals surface area contributed by atoms with E-state index in [2.05, 4.69) is 121 Å². The second-order valence-electron chi connectivity index (χ2n) is 21.3. The van der Waals surface area contributed by atoms with Gasteiger partial charge in [0.2, 0.25) is 0 Å². The Labute approximate surface area is 308 Å². The van der Waals surface area contributed by atoms with E-state index in [1.165, 1.54) is 6.92 Å². The van der Waals surface area contributed by atoms with Gasteiger partial charge in [0, 0.05) is 36.9 Å². The van der Waals surface area contributed by atoms with E-state index < -0.39 is 22.7 Å². The number of ether oxygens (including phenoxy) is 1. The predicted octanol–water partition coefficient (Wildman–Crippen LogP) is 10.2. The number of aliphatic hydroxyl groups is 1. The standard InChI is InChI=1S/C42H76O6Si2/c1-25(2)26(3)18-19-27(4)35-32(46-28(5)43)23-30-34-36(33(24-42(30,35)13)48-50(16,17)40(9,10)11)41(12)21-20-29(22-31(41)37(44)38(34)45)47-49(14,15)39(6,7)8/h18-19,25-27,29-36,38,45H,20-24H2,1-17H3/b19-18+/t26-,27+,29-,30-,31+,32-,33-,34-,35-,36-,38+,41-,42-/m0/s1. The minimum atomic E-state index is -2.26. The Hall–Kier alpha value is -0.806. The van der Waals surface area contributed by atoms with Crippen LogP contribution >= 0.6 is 0 Å². The van der Waals surface area contributed by atoms with Gasteiger partial charge in [-0.2, -0.15) is 0 Å². The van der Waals surface area contributed by atoms with Gasteiger partial charge in [0.15, 0.2) is 22.4 Å². The molecule has 50 heavy (non-hydrogen) atoms. The molecule has 0 aromatic heterocycles. The zero-order chi connectivity index (χ0) is 38.2. The molecule has 8 heteroatoms. The summed E-state index contributed by atoms with van der Waals surface area (Å²) in [5.74, 6) is 0.482. The van der Waals surface area contributed by atoms with E-state index in [1.54, 1.807) is 0 Å². The predicted molar refractivity (Wildman–Crippen MR) is 210 cm³/mol. The minimum Gasteiger partial charge on any atom is -0.462 e. The van der Waals surface area contributed by atoms with Crippen molar-refractivity contribution in [3.05, 3.63) is 12.2 Å². The minimum absolute atomic E-state index is 0.00111. The molecular weight excluding hydrogens is 657 g/mol.